The molecule has 154 valence electrons. The van der Waals surface area contributed by atoms with E-state index >= 15 is 0 Å². The van der Waals surface area contributed by atoms with Crippen molar-refractivity contribution in [3.05, 3.63) is 63.6 Å². The number of carbonyl (C=O) groups is 1. The minimum absolute atomic E-state index is 0.00624. The van der Waals surface area contributed by atoms with Crippen LogP contribution in [0.3, 0.4) is 0 Å². The Kier molecular flexibility index (Phi) is 5.80. The molecule has 5 nitrogen and oxygen atoms in total. The Morgan fingerprint density at radius 3 is 2.69 bits per heavy atom. The topological polar surface area (TPSA) is 62.1 Å². The SMILES string of the molecule is CC1=NN(C(=O)c2cccc(COc3cc(Cl)ccc3Cl)c2)[C@@](O)(C(F)(F)F)C1. The molecule has 0 aliphatic carbocycles. The number of alkyl halides is 3. The summed E-state index contributed by atoms with van der Waals surface area (Å²) in [6.45, 7) is 1.30. The Labute approximate surface area is 174 Å². The van der Waals surface area contributed by atoms with Gasteiger partial charge in [0.25, 0.3) is 11.6 Å². The summed E-state index contributed by atoms with van der Waals surface area (Å²) < 4.78 is 45.6. The number of hydrazone groups is 1. The van der Waals surface area contributed by atoms with Crippen molar-refractivity contribution in [2.45, 2.75) is 31.9 Å². The third kappa shape index (κ3) is 4.34. The second kappa shape index (κ2) is 7.85. The van der Waals surface area contributed by atoms with Crippen molar-refractivity contribution in [1.82, 2.24) is 5.01 Å². The number of halogens is 5. The number of aliphatic hydroxyl groups is 1. The molecular formula is C19H15Cl2F3N2O3. The van der Waals surface area contributed by atoms with E-state index in [1.165, 1.54) is 31.2 Å². The van der Waals surface area contributed by atoms with Crippen molar-refractivity contribution in [2.24, 2.45) is 5.10 Å². The normalized spacial score (nSPS) is 19.3. The van der Waals surface area contributed by atoms with Gasteiger partial charge in [-0.05, 0) is 36.8 Å². The second-order valence-corrected chi connectivity index (χ2v) is 7.35. The molecule has 1 aliphatic rings. The Morgan fingerprint density at radius 2 is 2.00 bits per heavy atom. The van der Waals surface area contributed by atoms with Crippen LogP contribution in [0.4, 0.5) is 13.2 Å². The lowest BCUT2D eigenvalue weighted by molar-refractivity contribution is -0.297. The third-order valence-corrected chi connectivity index (χ3v) is 4.78. The first-order chi connectivity index (χ1) is 13.5. The Morgan fingerprint density at radius 1 is 1.28 bits per heavy atom. The van der Waals surface area contributed by atoms with Crippen molar-refractivity contribution < 1.29 is 27.8 Å². The lowest BCUT2D eigenvalue weighted by Crippen LogP contribution is -2.56. The maximum atomic E-state index is 13.3. The number of amides is 1. The van der Waals surface area contributed by atoms with Gasteiger partial charge in [-0.25, -0.2) is 0 Å². The highest BCUT2D eigenvalue weighted by atomic mass is 35.5. The van der Waals surface area contributed by atoms with Crippen LogP contribution in [0.25, 0.3) is 0 Å². The third-order valence-electron chi connectivity index (χ3n) is 4.23. The van der Waals surface area contributed by atoms with Crippen LogP contribution in [0.1, 0.15) is 29.3 Å². The van der Waals surface area contributed by atoms with Crippen LogP contribution in [0.2, 0.25) is 10.0 Å². The molecule has 1 amide bonds. The maximum absolute atomic E-state index is 13.3. The molecule has 2 aromatic carbocycles. The van der Waals surface area contributed by atoms with Gasteiger partial charge in [0.15, 0.2) is 0 Å². The standard InChI is InChI=1S/C19H15Cl2F3N2O3/c1-11-9-18(28,19(22,23)24)26(25-11)17(27)13-4-2-3-12(7-13)10-29-16-8-14(20)5-6-15(16)21/h2-8,28H,9-10H2,1H3/t18-/m0/s1. The summed E-state index contributed by atoms with van der Waals surface area (Å²) >= 11 is 11.9. The van der Waals surface area contributed by atoms with E-state index in [-0.39, 0.29) is 22.9 Å². The summed E-state index contributed by atoms with van der Waals surface area (Å²) in [5.41, 5.74) is -2.96. The molecule has 3 rings (SSSR count). The fourth-order valence-electron chi connectivity index (χ4n) is 2.82. The first kappa shape index (κ1) is 21.4. The summed E-state index contributed by atoms with van der Waals surface area (Å²) in [7, 11) is 0. The molecule has 0 saturated heterocycles. The quantitative estimate of drug-likeness (QED) is 0.714. The second-order valence-electron chi connectivity index (χ2n) is 6.51. The largest absolute Gasteiger partial charge is 0.487 e. The zero-order valence-electron chi connectivity index (χ0n) is 15.0. The molecule has 2 aromatic rings. The average Bonchev–Trinajstić information content (AvgIpc) is 2.97. The summed E-state index contributed by atoms with van der Waals surface area (Å²) in [5.74, 6) is -0.758. The molecule has 0 saturated carbocycles. The highest BCUT2D eigenvalue weighted by Gasteiger charge is 2.62. The first-order valence-corrected chi connectivity index (χ1v) is 9.11. The monoisotopic (exact) mass is 446 g/mol. The number of benzene rings is 2. The van der Waals surface area contributed by atoms with Gasteiger partial charge in [-0.3, -0.25) is 4.79 Å². The smallest absolute Gasteiger partial charge is 0.438 e. The van der Waals surface area contributed by atoms with Gasteiger partial charge in [0.1, 0.15) is 12.4 Å². The van der Waals surface area contributed by atoms with Gasteiger partial charge in [0.2, 0.25) is 0 Å². The zero-order valence-corrected chi connectivity index (χ0v) is 16.5. The van der Waals surface area contributed by atoms with Crippen molar-refractivity contribution in [1.29, 1.82) is 0 Å². The summed E-state index contributed by atoms with van der Waals surface area (Å²) in [5, 5.41) is 14.5. The van der Waals surface area contributed by atoms with E-state index in [0.29, 0.717) is 21.4 Å². The van der Waals surface area contributed by atoms with Gasteiger partial charge in [-0.15, -0.1) is 0 Å². The molecular weight excluding hydrogens is 432 g/mol. The Hall–Kier alpha value is -2.29. The highest BCUT2D eigenvalue weighted by molar-refractivity contribution is 6.34. The molecule has 1 N–H and O–H groups in total. The predicted octanol–water partition coefficient (Wildman–Crippen LogP) is 5.05. The molecule has 0 radical (unpaired) electrons. The lowest BCUT2D eigenvalue weighted by Gasteiger charge is -2.32. The predicted molar refractivity (Wildman–Crippen MR) is 102 cm³/mol. The van der Waals surface area contributed by atoms with Crippen LogP contribution in [0.15, 0.2) is 47.6 Å². The van der Waals surface area contributed by atoms with Crippen LogP contribution < -0.4 is 4.74 Å². The van der Waals surface area contributed by atoms with Gasteiger partial charge >= 0.3 is 6.18 Å². The van der Waals surface area contributed by atoms with Gasteiger partial charge < -0.3 is 9.84 Å². The molecule has 0 bridgehead atoms. The van der Waals surface area contributed by atoms with Crippen LogP contribution in [0, 0.1) is 0 Å². The number of rotatable bonds is 4. The van der Waals surface area contributed by atoms with E-state index in [4.69, 9.17) is 27.9 Å². The van der Waals surface area contributed by atoms with Crippen LogP contribution in [-0.2, 0) is 6.61 Å². The van der Waals surface area contributed by atoms with Crippen LogP contribution in [0.5, 0.6) is 5.75 Å². The summed E-state index contributed by atoms with van der Waals surface area (Å²) in [6, 6.07) is 10.5. The molecule has 1 aliphatic heterocycles. The number of hydrogen-bond acceptors (Lipinski definition) is 4. The minimum Gasteiger partial charge on any atom is -0.487 e. The van der Waals surface area contributed by atoms with Crippen LogP contribution >= 0.6 is 23.2 Å². The first-order valence-electron chi connectivity index (χ1n) is 8.36. The molecule has 0 spiro atoms. The number of ether oxygens (including phenoxy) is 1. The van der Waals surface area contributed by atoms with Gasteiger partial charge in [-0.2, -0.15) is 23.3 Å². The molecule has 0 unspecified atom stereocenters. The molecule has 0 fully saturated rings. The fraction of sp³-hybridized carbons (Fsp3) is 0.263. The van der Waals surface area contributed by atoms with Gasteiger partial charge in [0, 0.05) is 28.8 Å². The Bertz CT molecular complexity index is 981. The van der Waals surface area contributed by atoms with Gasteiger partial charge in [0.05, 0.1) is 5.02 Å². The van der Waals surface area contributed by atoms with E-state index in [0.717, 1.165) is 0 Å². The summed E-state index contributed by atoms with van der Waals surface area (Å²) in [6.07, 6.45) is -5.87. The molecule has 10 heteroatoms. The van der Waals surface area contributed by atoms with Gasteiger partial charge in [-0.1, -0.05) is 35.3 Å². The van der Waals surface area contributed by atoms with E-state index in [9.17, 15) is 23.1 Å². The van der Waals surface area contributed by atoms with E-state index in [1.807, 2.05) is 0 Å². The van der Waals surface area contributed by atoms with E-state index in [1.54, 1.807) is 18.2 Å². The average molecular weight is 447 g/mol. The van der Waals surface area contributed by atoms with Crippen molar-refractivity contribution in [3.8, 4) is 5.75 Å². The van der Waals surface area contributed by atoms with Crippen molar-refractivity contribution in [3.63, 3.8) is 0 Å². The van der Waals surface area contributed by atoms with E-state index in [2.05, 4.69) is 5.10 Å². The van der Waals surface area contributed by atoms with Crippen molar-refractivity contribution in [2.75, 3.05) is 0 Å². The van der Waals surface area contributed by atoms with Crippen molar-refractivity contribution >= 4 is 34.8 Å². The fourth-order valence-corrected chi connectivity index (χ4v) is 3.15. The highest BCUT2D eigenvalue weighted by Crippen LogP contribution is 2.41. The van der Waals surface area contributed by atoms with E-state index < -0.39 is 24.2 Å². The number of hydrogen-bond donors (Lipinski definition) is 1. The number of nitrogens with zero attached hydrogens (tertiary/aromatic N) is 2. The molecule has 0 aromatic heterocycles. The maximum Gasteiger partial charge on any atom is 0.438 e. The molecule has 29 heavy (non-hydrogen) atoms. The Balaban J connectivity index is 1.82. The molecule has 1 atom stereocenters. The lowest BCUT2D eigenvalue weighted by atomic mass is 10.1. The minimum atomic E-state index is -5.06. The molecule has 1 heterocycles. The number of carbonyl (C=O) groups excluding carboxylic acids is 1. The summed E-state index contributed by atoms with van der Waals surface area (Å²) in [4.78, 5) is 12.7. The van der Waals surface area contributed by atoms with Crippen LogP contribution in [-0.4, -0.2) is 33.6 Å². The zero-order chi connectivity index (χ0) is 21.4.